The number of carbonyl (C=O) groups is 3. The van der Waals surface area contributed by atoms with Crippen LogP contribution in [0, 0.1) is 0 Å². The summed E-state index contributed by atoms with van der Waals surface area (Å²) in [5, 5.41) is 11.6. The summed E-state index contributed by atoms with van der Waals surface area (Å²) in [5.74, 6) is -1.16. The lowest BCUT2D eigenvalue weighted by molar-refractivity contribution is -0.149. The lowest BCUT2D eigenvalue weighted by Crippen LogP contribution is -2.62. The molecule has 2 heterocycles. The van der Waals surface area contributed by atoms with Gasteiger partial charge in [0.05, 0.1) is 18.4 Å². The standard InChI is InChI=1S/C19H18N2O5/c22-16(11-13-5-2-1-3-6-13)20-18-15(9-8-14-7-4-10-26-14)21(19(18)25)12-17(23)24/h1-7,9-10,18H,8,11-12H2,(H,20,22)(H,23,24). The van der Waals surface area contributed by atoms with Gasteiger partial charge < -0.3 is 19.7 Å². The summed E-state index contributed by atoms with van der Waals surface area (Å²) in [5.41, 5.74) is 1.30. The van der Waals surface area contributed by atoms with Gasteiger partial charge >= 0.3 is 5.97 Å². The van der Waals surface area contributed by atoms with Gasteiger partial charge in [0.2, 0.25) is 5.91 Å². The van der Waals surface area contributed by atoms with Crippen LogP contribution in [0.25, 0.3) is 0 Å². The molecule has 2 aromatic rings. The Morgan fingerprint density at radius 1 is 1.19 bits per heavy atom. The smallest absolute Gasteiger partial charge is 0.323 e. The Bertz CT molecular complexity index is 827. The van der Waals surface area contributed by atoms with Crippen molar-refractivity contribution in [2.45, 2.75) is 18.9 Å². The Kier molecular flexibility index (Phi) is 5.17. The monoisotopic (exact) mass is 354 g/mol. The van der Waals surface area contributed by atoms with Gasteiger partial charge in [-0.15, -0.1) is 0 Å². The number of benzene rings is 1. The molecule has 134 valence electrons. The highest BCUT2D eigenvalue weighted by Crippen LogP contribution is 2.25. The molecule has 1 aliphatic heterocycles. The molecule has 0 aliphatic carbocycles. The molecule has 1 aliphatic rings. The number of likely N-dealkylation sites (tertiary alicyclic amines) is 1. The lowest BCUT2D eigenvalue weighted by atomic mass is 9.99. The molecule has 0 bridgehead atoms. The summed E-state index contributed by atoms with van der Waals surface area (Å²) in [6.45, 7) is -0.437. The molecule has 7 heteroatoms. The van der Waals surface area contributed by atoms with Crippen molar-refractivity contribution in [3.63, 3.8) is 0 Å². The molecule has 0 saturated carbocycles. The van der Waals surface area contributed by atoms with E-state index < -0.39 is 24.5 Å². The van der Waals surface area contributed by atoms with Crippen molar-refractivity contribution in [1.29, 1.82) is 0 Å². The van der Waals surface area contributed by atoms with E-state index >= 15 is 0 Å². The third-order valence-corrected chi connectivity index (χ3v) is 4.02. The van der Waals surface area contributed by atoms with E-state index in [1.54, 1.807) is 18.2 Å². The average molecular weight is 354 g/mol. The topological polar surface area (TPSA) is 99.9 Å². The number of nitrogens with one attached hydrogen (secondary N) is 1. The number of rotatable bonds is 7. The van der Waals surface area contributed by atoms with Gasteiger partial charge in [-0.05, 0) is 17.7 Å². The minimum atomic E-state index is -1.11. The zero-order valence-electron chi connectivity index (χ0n) is 13.9. The number of nitrogens with zero attached hydrogens (tertiary/aromatic N) is 1. The van der Waals surface area contributed by atoms with Gasteiger partial charge in [-0.3, -0.25) is 14.4 Å². The molecular formula is C19H18N2O5. The summed E-state index contributed by atoms with van der Waals surface area (Å²) in [7, 11) is 0. The van der Waals surface area contributed by atoms with E-state index in [4.69, 9.17) is 9.52 Å². The molecular weight excluding hydrogens is 336 g/mol. The number of aliphatic carboxylic acids is 1. The maximum absolute atomic E-state index is 12.2. The summed E-state index contributed by atoms with van der Waals surface area (Å²) in [6, 6.07) is 11.9. The van der Waals surface area contributed by atoms with Crippen LogP contribution in [0.15, 0.2) is 64.9 Å². The first-order chi connectivity index (χ1) is 12.5. The van der Waals surface area contributed by atoms with Gasteiger partial charge in [-0.1, -0.05) is 36.4 Å². The van der Waals surface area contributed by atoms with E-state index in [1.807, 2.05) is 30.3 Å². The number of amides is 2. The summed E-state index contributed by atoms with van der Waals surface area (Å²) in [6.07, 6.45) is 3.79. The van der Waals surface area contributed by atoms with Crippen LogP contribution in [-0.4, -0.2) is 40.4 Å². The second-order valence-corrected chi connectivity index (χ2v) is 5.89. The summed E-state index contributed by atoms with van der Waals surface area (Å²) in [4.78, 5) is 36.6. The first-order valence-electron chi connectivity index (χ1n) is 8.13. The zero-order valence-corrected chi connectivity index (χ0v) is 13.9. The summed E-state index contributed by atoms with van der Waals surface area (Å²) >= 11 is 0. The van der Waals surface area contributed by atoms with Gasteiger partial charge in [0.15, 0.2) is 0 Å². The fourth-order valence-corrected chi connectivity index (χ4v) is 2.79. The van der Waals surface area contributed by atoms with Crippen molar-refractivity contribution in [2.24, 2.45) is 0 Å². The van der Waals surface area contributed by atoms with Gasteiger partial charge in [-0.25, -0.2) is 0 Å². The maximum Gasteiger partial charge on any atom is 0.323 e. The molecule has 1 aromatic heterocycles. The van der Waals surface area contributed by atoms with Gasteiger partial charge in [0, 0.05) is 6.42 Å². The van der Waals surface area contributed by atoms with E-state index in [1.165, 1.54) is 6.26 Å². The Morgan fingerprint density at radius 2 is 1.96 bits per heavy atom. The van der Waals surface area contributed by atoms with Crippen LogP contribution < -0.4 is 5.32 Å². The molecule has 26 heavy (non-hydrogen) atoms. The Labute approximate surface area is 149 Å². The largest absolute Gasteiger partial charge is 0.480 e. The van der Waals surface area contributed by atoms with Crippen molar-refractivity contribution in [1.82, 2.24) is 10.2 Å². The van der Waals surface area contributed by atoms with E-state index in [2.05, 4.69) is 5.32 Å². The highest BCUT2D eigenvalue weighted by Gasteiger charge is 2.44. The fourth-order valence-electron chi connectivity index (χ4n) is 2.79. The summed E-state index contributed by atoms with van der Waals surface area (Å²) < 4.78 is 5.24. The van der Waals surface area contributed by atoms with E-state index in [9.17, 15) is 14.4 Å². The van der Waals surface area contributed by atoms with Gasteiger partial charge in [-0.2, -0.15) is 0 Å². The highest BCUT2D eigenvalue weighted by molar-refractivity contribution is 5.99. The number of allylic oxidation sites excluding steroid dienone is 1. The van der Waals surface area contributed by atoms with Crippen LogP contribution in [0.3, 0.4) is 0 Å². The molecule has 3 rings (SSSR count). The van der Waals surface area contributed by atoms with E-state index in [0.29, 0.717) is 17.9 Å². The number of furan rings is 1. The number of carbonyl (C=O) groups excluding carboxylic acids is 2. The Morgan fingerprint density at radius 3 is 2.62 bits per heavy atom. The molecule has 0 radical (unpaired) electrons. The molecule has 2 N–H and O–H groups in total. The van der Waals surface area contributed by atoms with Crippen LogP contribution in [0.5, 0.6) is 0 Å². The van der Waals surface area contributed by atoms with Crippen molar-refractivity contribution in [2.75, 3.05) is 6.54 Å². The van der Waals surface area contributed by atoms with Crippen LogP contribution in [-0.2, 0) is 27.2 Å². The van der Waals surface area contributed by atoms with Crippen LogP contribution in [0.1, 0.15) is 11.3 Å². The SMILES string of the molecule is O=C(O)CN1C(=O)C(NC(=O)Cc2ccccc2)C1=CCc1ccco1. The molecule has 1 fully saturated rings. The van der Waals surface area contributed by atoms with Crippen molar-refractivity contribution < 1.29 is 23.9 Å². The van der Waals surface area contributed by atoms with Crippen molar-refractivity contribution in [3.05, 3.63) is 71.8 Å². The third-order valence-electron chi connectivity index (χ3n) is 4.02. The molecule has 7 nitrogen and oxygen atoms in total. The second kappa shape index (κ2) is 7.69. The number of hydrogen-bond donors (Lipinski definition) is 2. The molecule has 1 saturated heterocycles. The maximum atomic E-state index is 12.2. The quantitative estimate of drug-likeness (QED) is 0.732. The number of β-lactam (4-membered cyclic amide) rings is 1. The predicted octanol–water partition coefficient (Wildman–Crippen LogP) is 1.36. The van der Waals surface area contributed by atoms with Crippen molar-refractivity contribution >= 4 is 17.8 Å². The molecule has 1 unspecified atom stereocenters. The minimum absolute atomic E-state index is 0.148. The third kappa shape index (κ3) is 4.00. The van der Waals surface area contributed by atoms with Crippen LogP contribution in [0.2, 0.25) is 0 Å². The number of carboxylic acids is 1. The van der Waals surface area contributed by atoms with Crippen molar-refractivity contribution in [3.8, 4) is 0 Å². The van der Waals surface area contributed by atoms with Crippen LogP contribution in [0.4, 0.5) is 0 Å². The fraction of sp³-hybridized carbons (Fsp3) is 0.211. The number of hydrogen-bond acceptors (Lipinski definition) is 4. The van der Waals surface area contributed by atoms with E-state index in [0.717, 1.165) is 10.5 Å². The lowest BCUT2D eigenvalue weighted by Gasteiger charge is -2.40. The average Bonchev–Trinajstić information content (AvgIpc) is 3.13. The zero-order chi connectivity index (χ0) is 18.5. The normalized spacial score (nSPS) is 17.8. The minimum Gasteiger partial charge on any atom is -0.480 e. The Hall–Kier alpha value is -3.35. The molecule has 0 spiro atoms. The first kappa shape index (κ1) is 17.5. The molecule has 2 amide bonds. The van der Waals surface area contributed by atoms with E-state index in [-0.39, 0.29) is 12.3 Å². The number of carboxylic acid groups (broad SMARTS) is 1. The highest BCUT2D eigenvalue weighted by atomic mass is 16.4. The molecule has 1 atom stereocenters. The van der Waals surface area contributed by atoms with Gasteiger partial charge in [0.1, 0.15) is 18.3 Å². The first-order valence-corrected chi connectivity index (χ1v) is 8.13. The van der Waals surface area contributed by atoms with Crippen LogP contribution >= 0.6 is 0 Å². The predicted molar refractivity (Wildman–Crippen MR) is 91.9 cm³/mol. The Balaban J connectivity index is 1.69. The molecule has 1 aromatic carbocycles. The van der Waals surface area contributed by atoms with Gasteiger partial charge in [0.25, 0.3) is 5.91 Å². The second-order valence-electron chi connectivity index (χ2n) is 5.89.